The molecule has 5 heteroatoms. The fraction of sp³-hybridized carbons (Fsp3) is 0.444. The summed E-state index contributed by atoms with van der Waals surface area (Å²) in [5.74, 6) is -0.0514. The molecule has 1 aliphatic rings. The molecule has 23 heavy (non-hydrogen) atoms. The molecular weight excluding hydrogens is 292 g/mol. The minimum atomic E-state index is -0.362. The van der Waals surface area contributed by atoms with Crippen LogP contribution in [0.1, 0.15) is 61.0 Å². The Kier molecular flexibility index (Phi) is 5.42. The lowest BCUT2D eigenvalue weighted by molar-refractivity contribution is -0.141. The van der Waals surface area contributed by atoms with E-state index in [4.69, 9.17) is 10.5 Å². The van der Waals surface area contributed by atoms with Gasteiger partial charge in [-0.05, 0) is 44.2 Å². The second-order valence-corrected chi connectivity index (χ2v) is 5.98. The maximum atomic E-state index is 12.5. The van der Waals surface area contributed by atoms with Crippen molar-refractivity contribution >= 4 is 23.6 Å². The predicted molar refractivity (Wildman–Crippen MR) is 91.1 cm³/mol. The van der Waals surface area contributed by atoms with E-state index in [1.807, 2.05) is 31.2 Å². The van der Waals surface area contributed by atoms with E-state index in [1.165, 1.54) is 6.92 Å². The van der Waals surface area contributed by atoms with Gasteiger partial charge in [-0.2, -0.15) is 0 Å². The highest BCUT2D eigenvalue weighted by Crippen LogP contribution is 2.44. The van der Waals surface area contributed by atoms with E-state index in [0.29, 0.717) is 17.2 Å². The third-order valence-electron chi connectivity index (χ3n) is 3.83. The van der Waals surface area contributed by atoms with E-state index in [-0.39, 0.29) is 24.5 Å². The Labute approximate surface area is 136 Å². The number of amides is 1. The lowest BCUT2D eigenvalue weighted by Crippen LogP contribution is -2.36. The van der Waals surface area contributed by atoms with Crippen molar-refractivity contribution in [2.45, 2.75) is 45.6 Å². The third kappa shape index (κ3) is 4.34. The van der Waals surface area contributed by atoms with Gasteiger partial charge < -0.3 is 15.8 Å². The van der Waals surface area contributed by atoms with Gasteiger partial charge in [0.25, 0.3) is 5.91 Å². The molecule has 124 valence electrons. The number of anilines is 1. The van der Waals surface area contributed by atoms with Crippen molar-refractivity contribution in [1.82, 2.24) is 5.32 Å². The van der Waals surface area contributed by atoms with Crippen LogP contribution in [0.5, 0.6) is 0 Å². The van der Waals surface area contributed by atoms with E-state index in [0.717, 1.165) is 24.0 Å². The molecule has 1 amide bonds. The van der Waals surface area contributed by atoms with Gasteiger partial charge in [-0.3, -0.25) is 9.59 Å². The topological polar surface area (TPSA) is 81.4 Å². The summed E-state index contributed by atoms with van der Waals surface area (Å²) in [6, 6.07) is 3.51. The van der Waals surface area contributed by atoms with E-state index in [9.17, 15) is 9.59 Å². The van der Waals surface area contributed by atoms with Crippen LogP contribution in [0, 0.1) is 0 Å². The van der Waals surface area contributed by atoms with Gasteiger partial charge in [0.15, 0.2) is 0 Å². The summed E-state index contributed by atoms with van der Waals surface area (Å²) in [6.45, 7) is 5.18. The minimum Gasteiger partial charge on any atom is -0.464 e. The molecular formula is C18H24N2O3. The molecule has 1 atom stereocenters. The molecule has 0 bridgehead atoms. The maximum absolute atomic E-state index is 12.5. The molecule has 0 unspecified atom stereocenters. The molecule has 3 N–H and O–H groups in total. The molecule has 0 radical (unpaired) electrons. The SMILES string of the molecule is C/C=C\c1c(C(=O)N[C@H](C)COC(C)=O)ccc(C2CC2)c1N. The van der Waals surface area contributed by atoms with Crippen LogP contribution in [0.15, 0.2) is 18.2 Å². The highest BCUT2D eigenvalue weighted by Gasteiger charge is 2.27. The number of nitrogen functional groups attached to an aromatic ring is 1. The van der Waals surface area contributed by atoms with Crippen LogP contribution < -0.4 is 11.1 Å². The van der Waals surface area contributed by atoms with Crippen LogP contribution in [0.25, 0.3) is 6.08 Å². The van der Waals surface area contributed by atoms with E-state index in [1.54, 1.807) is 6.92 Å². The summed E-state index contributed by atoms with van der Waals surface area (Å²) in [5, 5.41) is 2.84. The van der Waals surface area contributed by atoms with Crippen molar-refractivity contribution in [3.63, 3.8) is 0 Å². The summed E-state index contributed by atoms with van der Waals surface area (Å²) in [4.78, 5) is 23.3. The molecule has 0 aliphatic heterocycles. The minimum absolute atomic E-state index is 0.148. The smallest absolute Gasteiger partial charge is 0.302 e. The molecule has 1 fully saturated rings. The number of nitrogens with two attached hydrogens (primary N) is 1. The van der Waals surface area contributed by atoms with Gasteiger partial charge in [-0.15, -0.1) is 0 Å². The fourth-order valence-electron chi connectivity index (χ4n) is 2.53. The molecule has 0 aromatic heterocycles. The highest BCUT2D eigenvalue weighted by molar-refractivity contribution is 6.00. The number of carbonyl (C=O) groups excluding carboxylic acids is 2. The van der Waals surface area contributed by atoms with Crippen LogP contribution in [0.2, 0.25) is 0 Å². The monoisotopic (exact) mass is 316 g/mol. The summed E-state index contributed by atoms with van der Waals surface area (Å²) < 4.78 is 4.91. The molecule has 1 saturated carbocycles. The van der Waals surface area contributed by atoms with Crippen molar-refractivity contribution in [3.8, 4) is 0 Å². The first kappa shape index (κ1) is 17.1. The van der Waals surface area contributed by atoms with Gasteiger partial charge in [0.2, 0.25) is 0 Å². The highest BCUT2D eigenvalue weighted by atomic mass is 16.5. The number of hydrogen-bond acceptors (Lipinski definition) is 4. The van der Waals surface area contributed by atoms with Crippen LogP contribution >= 0.6 is 0 Å². The molecule has 0 heterocycles. The van der Waals surface area contributed by atoms with Gasteiger partial charge in [0.05, 0.1) is 6.04 Å². The Morgan fingerprint density at radius 1 is 1.43 bits per heavy atom. The van der Waals surface area contributed by atoms with Gasteiger partial charge in [-0.1, -0.05) is 18.2 Å². The van der Waals surface area contributed by atoms with E-state index < -0.39 is 0 Å². The zero-order chi connectivity index (χ0) is 17.0. The van der Waals surface area contributed by atoms with Gasteiger partial charge in [0.1, 0.15) is 6.61 Å². The van der Waals surface area contributed by atoms with Gasteiger partial charge >= 0.3 is 5.97 Å². The first-order chi connectivity index (χ1) is 10.9. The van der Waals surface area contributed by atoms with Gasteiger partial charge in [0, 0.05) is 23.7 Å². The lowest BCUT2D eigenvalue weighted by atomic mass is 9.97. The van der Waals surface area contributed by atoms with Crippen molar-refractivity contribution in [1.29, 1.82) is 0 Å². The third-order valence-corrected chi connectivity index (χ3v) is 3.83. The number of hydrogen-bond donors (Lipinski definition) is 2. The quantitative estimate of drug-likeness (QED) is 0.624. The van der Waals surface area contributed by atoms with E-state index >= 15 is 0 Å². The lowest BCUT2D eigenvalue weighted by Gasteiger charge is -2.17. The maximum Gasteiger partial charge on any atom is 0.302 e. The van der Waals surface area contributed by atoms with E-state index in [2.05, 4.69) is 5.32 Å². The van der Waals surface area contributed by atoms with Crippen molar-refractivity contribution in [2.75, 3.05) is 12.3 Å². The number of ether oxygens (including phenoxy) is 1. The first-order valence-corrected chi connectivity index (χ1v) is 7.93. The average Bonchev–Trinajstić information content (AvgIpc) is 3.31. The first-order valence-electron chi connectivity index (χ1n) is 7.93. The normalized spacial score (nSPS) is 15.4. The Morgan fingerprint density at radius 3 is 2.70 bits per heavy atom. The average molecular weight is 316 g/mol. The number of rotatable bonds is 6. The summed E-state index contributed by atoms with van der Waals surface area (Å²) in [5.41, 5.74) is 9.39. The van der Waals surface area contributed by atoms with Crippen molar-refractivity contribution < 1.29 is 14.3 Å². The molecule has 1 aromatic rings. The Bertz CT molecular complexity index is 633. The predicted octanol–water partition coefficient (Wildman–Crippen LogP) is 2.86. The number of carbonyl (C=O) groups is 2. The van der Waals surface area contributed by atoms with Crippen molar-refractivity contribution in [3.05, 3.63) is 34.9 Å². The van der Waals surface area contributed by atoms with Gasteiger partial charge in [-0.25, -0.2) is 0 Å². The number of allylic oxidation sites excluding steroid dienone is 1. The Morgan fingerprint density at radius 2 is 2.13 bits per heavy atom. The second kappa shape index (κ2) is 7.31. The summed E-state index contributed by atoms with van der Waals surface area (Å²) in [6.07, 6.45) is 6.06. The largest absolute Gasteiger partial charge is 0.464 e. The van der Waals surface area contributed by atoms with Crippen LogP contribution in [0.4, 0.5) is 5.69 Å². The Balaban J connectivity index is 2.18. The van der Waals surface area contributed by atoms with Crippen LogP contribution in [-0.2, 0) is 9.53 Å². The summed E-state index contributed by atoms with van der Waals surface area (Å²) >= 11 is 0. The van der Waals surface area contributed by atoms with Crippen LogP contribution in [0.3, 0.4) is 0 Å². The number of nitrogens with one attached hydrogen (secondary N) is 1. The number of esters is 1. The molecule has 2 rings (SSSR count). The van der Waals surface area contributed by atoms with Crippen LogP contribution in [-0.4, -0.2) is 24.5 Å². The number of benzene rings is 1. The molecule has 0 saturated heterocycles. The Hall–Kier alpha value is -2.30. The fourth-order valence-corrected chi connectivity index (χ4v) is 2.53. The zero-order valence-corrected chi connectivity index (χ0v) is 13.9. The second-order valence-electron chi connectivity index (χ2n) is 5.98. The van der Waals surface area contributed by atoms with Crippen molar-refractivity contribution in [2.24, 2.45) is 0 Å². The molecule has 1 aromatic carbocycles. The summed E-state index contributed by atoms with van der Waals surface area (Å²) in [7, 11) is 0. The molecule has 1 aliphatic carbocycles. The molecule has 5 nitrogen and oxygen atoms in total. The molecule has 0 spiro atoms. The zero-order valence-electron chi connectivity index (χ0n) is 13.9. The standard InChI is InChI=1S/C18H24N2O3/c1-4-5-15-16(9-8-14(17(15)19)13-6-7-13)18(22)20-11(2)10-23-12(3)21/h4-5,8-9,11,13H,6-7,10,19H2,1-3H3,(H,20,22)/b5-4-/t11-/m1/s1.